The highest BCUT2D eigenvalue weighted by atomic mass is 16.5. The Labute approximate surface area is 384 Å². The minimum Gasteiger partial charge on any atom is -0.458 e. The molecule has 0 rings (SSSR count). The van der Waals surface area contributed by atoms with Gasteiger partial charge in [-0.05, 0) is 57.4 Å². The van der Waals surface area contributed by atoms with Crippen molar-refractivity contribution in [3.8, 4) is 0 Å². The number of allylic oxidation sites excluding steroid dienone is 9. The molecule has 3 N–H and O–H groups in total. The van der Waals surface area contributed by atoms with E-state index in [1.807, 2.05) is 12.2 Å². The second-order valence-electron chi connectivity index (χ2n) is 18.0. The van der Waals surface area contributed by atoms with Crippen LogP contribution in [0.1, 0.15) is 258 Å². The topological polar surface area (TPSA) is 95.9 Å². The monoisotopic (exact) mass is 868 g/mol. The van der Waals surface area contributed by atoms with Crippen molar-refractivity contribution in [1.82, 2.24) is 5.32 Å². The quantitative estimate of drug-likeness (QED) is 0.0245. The molecule has 0 saturated heterocycles. The van der Waals surface area contributed by atoms with Crippen LogP contribution in [0.15, 0.2) is 60.8 Å². The van der Waals surface area contributed by atoms with Gasteiger partial charge in [-0.3, -0.25) is 9.59 Å². The number of aliphatic hydroxyl groups is 2. The first-order valence-corrected chi connectivity index (χ1v) is 26.6. The zero-order valence-corrected chi connectivity index (χ0v) is 41.0. The first-order chi connectivity index (χ1) is 30.5. The predicted molar refractivity (Wildman–Crippen MR) is 268 cm³/mol. The van der Waals surface area contributed by atoms with Crippen LogP contribution in [-0.4, -0.2) is 46.9 Å². The van der Waals surface area contributed by atoms with Crippen molar-refractivity contribution in [3.05, 3.63) is 60.8 Å². The Hall–Kier alpha value is -2.44. The van der Waals surface area contributed by atoms with E-state index in [2.05, 4.69) is 74.7 Å². The van der Waals surface area contributed by atoms with Crippen molar-refractivity contribution < 1.29 is 24.5 Å². The van der Waals surface area contributed by atoms with Crippen molar-refractivity contribution >= 4 is 11.9 Å². The molecule has 0 aromatic heterocycles. The lowest BCUT2D eigenvalue weighted by Crippen LogP contribution is -2.46. The Balaban J connectivity index is 4.55. The number of carbonyl (C=O) groups excluding carboxylic acids is 2. The summed E-state index contributed by atoms with van der Waals surface area (Å²) in [4.78, 5) is 26.1. The maximum atomic E-state index is 13.2. The third-order valence-electron chi connectivity index (χ3n) is 11.9. The Kier molecular flexibility index (Phi) is 47.6. The minimum atomic E-state index is -0.814. The summed E-state index contributed by atoms with van der Waals surface area (Å²) in [5.74, 6) is -0.614. The number of rotatable bonds is 47. The van der Waals surface area contributed by atoms with Gasteiger partial charge in [0.25, 0.3) is 0 Å². The van der Waals surface area contributed by atoms with Gasteiger partial charge in [0.2, 0.25) is 5.91 Å². The molecule has 6 nitrogen and oxygen atoms in total. The molecule has 3 atom stereocenters. The summed E-state index contributed by atoms with van der Waals surface area (Å²) >= 11 is 0. The fourth-order valence-corrected chi connectivity index (χ4v) is 7.87. The molecule has 0 aromatic carbocycles. The smallest absolute Gasteiger partial charge is 0.306 e. The van der Waals surface area contributed by atoms with Crippen molar-refractivity contribution in [1.29, 1.82) is 0 Å². The van der Waals surface area contributed by atoms with Crippen LogP contribution in [0.5, 0.6) is 0 Å². The lowest BCUT2D eigenvalue weighted by Gasteiger charge is -2.23. The van der Waals surface area contributed by atoms with Crippen LogP contribution >= 0.6 is 0 Å². The summed E-state index contributed by atoms with van der Waals surface area (Å²) in [7, 11) is 0. The number of ether oxygens (including phenoxy) is 1. The number of carbonyl (C=O) groups is 2. The van der Waals surface area contributed by atoms with Crippen LogP contribution in [0.4, 0.5) is 0 Å². The number of hydrogen-bond donors (Lipinski definition) is 3. The third kappa shape index (κ3) is 44.2. The van der Waals surface area contributed by atoms with E-state index < -0.39 is 18.2 Å². The van der Waals surface area contributed by atoms with Gasteiger partial charge in [0.15, 0.2) is 0 Å². The summed E-state index contributed by atoms with van der Waals surface area (Å²) in [6.07, 6.45) is 61.7. The summed E-state index contributed by atoms with van der Waals surface area (Å²) in [5.41, 5.74) is 0. The van der Waals surface area contributed by atoms with E-state index in [-0.39, 0.29) is 24.9 Å². The van der Waals surface area contributed by atoms with E-state index >= 15 is 0 Å². The molecule has 0 radical (unpaired) electrons. The highest BCUT2D eigenvalue weighted by molar-refractivity contribution is 5.78. The number of nitrogens with one attached hydrogen (secondary N) is 1. The molecular formula is C56H101NO5. The maximum Gasteiger partial charge on any atom is 0.306 e. The molecule has 3 unspecified atom stereocenters. The first kappa shape index (κ1) is 59.6. The Morgan fingerprint density at radius 2 is 0.968 bits per heavy atom. The molecular weight excluding hydrogens is 767 g/mol. The third-order valence-corrected chi connectivity index (χ3v) is 11.9. The number of hydrogen-bond acceptors (Lipinski definition) is 5. The van der Waals surface area contributed by atoms with E-state index in [9.17, 15) is 19.8 Å². The molecule has 0 aliphatic heterocycles. The molecule has 0 spiro atoms. The lowest BCUT2D eigenvalue weighted by molar-refractivity contribution is -0.148. The highest BCUT2D eigenvalue weighted by Crippen LogP contribution is 2.17. The molecule has 0 bridgehead atoms. The number of unbranched alkanes of at least 4 members (excludes halogenated alkanes) is 29. The Morgan fingerprint density at radius 1 is 0.516 bits per heavy atom. The van der Waals surface area contributed by atoms with E-state index in [4.69, 9.17) is 4.74 Å². The number of aliphatic hydroxyl groups excluding tert-OH is 2. The fraction of sp³-hybridized carbons (Fsp3) is 0.786. The second kappa shape index (κ2) is 49.6. The standard InChI is InChI=1S/C56H101NO5/c1-4-7-10-13-16-19-22-24-26-27-29-30-33-36-39-42-45-48-54(59)53(51-58)57-55(60)50-52(47-44-41-38-35-32-21-18-15-12-9-6-3)62-56(61)49-46-43-40-37-34-31-28-25-23-20-17-14-11-8-5-2/h8,11,14,17,20,23,35,38,44,47,52-54,58-59H,4-7,9-10,12-13,15-16,18-19,21-22,24-34,36-37,39-43,45-46,48-51H2,1-3H3,(H,57,60)/b11-8+,17-14+,23-20+,38-35-,47-44+. The molecule has 6 heteroatoms. The average molecular weight is 868 g/mol. The van der Waals surface area contributed by atoms with Gasteiger partial charge in [0, 0.05) is 6.42 Å². The van der Waals surface area contributed by atoms with E-state index in [0.717, 1.165) is 57.8 Å². The molecule has 0 aliphatic carbocycles. The van der Waals surface area contributed by atoms with Crippen LogP contribution in [-0.2, 0) is 14.3 Å². The molecule has 0 saturated carbocycles. The zero-order chi connectivity index (χ0) is 45.2. The SMILES string of the molecule is CC/C=C/C=C/C=C/CCCCCCCCCC(=O)OC(/C=C/C/C=C\CCCCCCCC)CC(=O)NC(CO)C(O)CCCCCCCCCCCCCCCCCCC. The molecule has 62 heavy (non-hydrogen) atoms. The average Bonchev–Trinajstić information content (AvgIpc) is 3.26. The van der Waals surface area contributed by atoms with Gasteiger partial charge in [-0.1, -0.05) is 249 Å². The normalized spacial score (nSPS) is 13.7. The first-order valence-electron chi connectivity index (χ1n) is 26.6. The van der Waals surface area contributed by atoms with Crippen molar-refractivity contribution in [2.75, 3.05) is 6.61 Å². The van der Waals surface area contributed by atoms with E-state index in [0.29, 0.717) is 19.3 Å². The van der Waals surface area contributed by atoms with E-state index in [1.165, 1.54) is 154 Å². The van der Waals surface area contributed by atoms with Crippen molar-refractivity contribution in [2.24, 2.45) is 0 Å². The van der Waals surface area contributed by atoms with Crippen LogP contribution in [0.3, 0.4) is 0 Å². The van der Waals surface area contributed by atoms with E-state index in [1.54, 1.807) is 0 Å². The largest absolute Gasteiger partial charge is 0.458 e. The van der Waals surface area contributed by atoms with Gasteiger partial charge < -0.3 is 20.3 Å². The minimum absolute atomic E-state index is 0.0343. The molecule has 1 amide bonds. The second-order valence-corrected chi connectivity index (χ2v) is 18.0. The van der Waals surface area contributed by atoms with Crippen LogP contribution in [0, 0.1) is 0 Å². The Bertz CT molecular complexity index is 1110. The van der Waals surface area contributed by atoms with Crippen LogP contribution < -0.4 is 5.32 Å². The zero-order valence-electron chi connectivity index (χ0n) is 41.0. The molecule has 0 fully saturated rings. The maximum absolute atomic E-state index is 13.2. The Morgan fingerprint density at radius 3 is 1.47 bits per heavy atom. The van der Waals surface area contributed by atoms with Crippen LogP contribution in [0.25, 0.3) is 0 Å². The van der Waals surface area contributed by atoms with Crippen molar-refractivity contribution in [2.45, 2.75) is 277 Å². The highest BCUT2D eigenvalue weighted by Gasteiger charge is 2.23. The van der Waals surface area contributed by atoms with Gasteiger partial charge in [-0.25, -0.2) is 0 Å². The summed E-state index contributed by atoms with van der Waals surface area (Å²) in [5, 5.41) is 23.7. The van der Waals surface area contributed by atoms with Gasteiger partial charge >= 0.3 is 5.97 Å². The molecule has 0 aliphatic rings. The van der Waals surface area contributed by atoms with Gasteiger partial charge in [-0.2, -0.15) is 0 Å². The summed E-state index contributed by atoms with van der Waals surface area (Å²) in [6.45, 7) is 6.32. The van der Waals surface area contributed by atoms with Gasteiger partial charge in [-0.15, -0.1) is 0 Å². The fourth-order valence-electron chi connectivity index (χ4n) is 7.87. The summed E-state index contributed by atoms with van der Waals surface area (Å²) in [6, 6.07) is -0.736. The predicted octanol–water partition coefficient (Wildman–Crippen LogP) is 16.0. The number of amides is 1. The van der Waals surface area contributed by atoms with Gasteiger partial charge in [0.1, 0.15) is 6.10 Å². The number of esters is 1. The summed E-state index contributed by atoms with van der Waals surface area (Å²) < 4.78 is 5.82. The van der Waals surface area contributed by atoms with Crippen LogP contribution in [0.2, 0.25) is 0 Å². The van der Waals surface area contributed by atoms with Gasteiger partial charge in [0.05, 0.1) is 25.2 Å². The molecule has 0 aromatic rings. The lowest BCUT2D eigenvalue weighted by atomic mass is 10.0. The molecule has 360 valence electrons. The van der Waals surface area contributed by atoms with Crippen molar-refractivity contribution in [3.63, 3.8) is 0 Å². The molecule has 0 heterocycles.